The van der Waals surface area contributed by atoms with E-state index in [1.807, 2.05) is 0 Å². The summed E-state index contributed by atoms with van der Waals surface area (Å²) in [4.78, 5) is 11.5. The van der Waals surface area contributed by atoms with Crippen LogP contribution >= 0.6 is 11.6 Å². The van der Waals surface area contributed by atoms with Crippen molar-refractivity contribution in [3.8, 4) is 0 Å². The van der Waals surface area contributed by atoms with Crippen molar-refractivity contribution >= 4 is 17.5 Å². The number of amides is 1. The highest BCUT2D eigenvalue weighted by Crippen LogP contribution is 2.57. The van der Waals surface area contributed by atoms with E-state index >= 15 is 0 Å². The molecule has 0 aromatic rings. The number of halogens is 1. The van der Waals surface area contributed by atoms with Crippen LogP contribution in [0.3, 0.4) is 0 Å². The van der Waals surface area contributed by atoms with Crippen LogP contribution in [0.5, 0.6) is 0 Å². The highest BCUT2D eigenvalue weighted by Gasteiger charge is 2.56. The maximum atomic E-state index is 11.5. The Hall–Kier alpha value is -0.240. The molecule has 0 spiro atoms. The van der Waals surface area contributed by atoms with Gasteiger partial charge in [0.05, 0.1) is 0 Å². The van der Waals surface area contributed by atoms with Crippen LogP contribution in [0, 0.1) is 17.8 Å². The summed E-state index contributed by atoms with van der Waals surface area (Å²) in [5, 5.41) is 2.95. The minimum atomic E-state index is 0.278. The molecule has 2 unspecified atom stereocenters. The van der Waals surface area contributed by atoms with Gasteiger partial charge in [-0.2, -0.15) is 0 Å². The molecule has 0 bridgehead atoms. The molecule has 2 nitrogen and oxygen atoms in total. The van der Waals surface area contributed by atoms with Crippen molar-refractivity contribution in [2.45, 2.75) is 25.7 Å². The van der Waals surface area contributed by atoms with Crippen LogP contribution in [0.25, 0.3) is 0 Å². The number of fused-ring (bicyclic) bond motifs is 1. The van der Waals surface area contributed by atoms with Crippen molar-refractivity contribution in [1.29, 1.82) is 0 Å². The Morgan fingerprint density at radius 3 is 2.69 bits per heavy atom. The Morgan fingerprint density at radius 2 is 2.08 bits per heavy atom. The normalized spacial score (nSPS) is 35.6. The maximum absolute atomic E-state index is 11.5. The van der Waals surface area contributed by atoms with Gasteiger partial charge >= 0.3 is 0 Å². The van der Waals surface area contributed by atoms with E-state index in [-0.39, 0.29) is 5.91 Å². The van der Waals surface area contributed by atoms with Crippen LogP contribution in [-0.4, -0.2) is 18.3 Å². The van der Waals surface area contributed by atoms with Gasteiger partial charge in [-0.1, -0.05) is 6.42 Å². The molecule has 13 heavy (non-hydrogen) atoms. The van der Waals surface area contributed by atoms with Gasteiger partial charge in [0.15, 0.2) is 0 Å². The summed E-state index contributed by atoms with van der Waals surface area (Å²) < 4.78 is 0. The zero-order valence-electron chi connectivity index (χ0n) is 7.76. The first-order valence-electron chi connectivity index (χ1n) is 5.18. The molecule has 2 rings (SSSR count). The van der Waals surface area contributed by atoms with Crippen LogP contribution in [0.15, 0.2) is 0 Å². The molecule has 0 aromatic carbocycles. The second-order valence-electron chi connectivity index (χ2n) is 4.12. The van der Waals surface area contributed by atoms with Gasteiger partial charge in [-0.15, -0.1) is 11.6 Å². The van der Waals surface area contributed by atoms with E-state index in [9.17, 15) is 4.79 Å². The predicted octanol–water partition coefficient (Wildman–Crippen LogP) is 1.78. The smallest absolute Gasteiger partial charge is 0.223 e. The third kappa shape index (κ3) is 1.83. The summed E-state index contributed by atoms with van der Waals surface area (Å²) in [6.07, 6.45) is 4.77. The van der Waals surface area contributed by atoms with Crippen molar-refractivity contribution in [2.75, 3.05) is 12.4 Å². The highest BCUT2D eigenvalue weighted by molar-refractivity contribution is 6.17. The lowest BCUT2D eigenvalue weighted by atomic mass is 10.1. The van der Waals surface area contributed by atoms with Gasteiger partial charge in [-0.3, -0.25) is 4.79 Å². The average molecular weight is 202 g/mol. The predicted molar refractivity (Wildman–Crippen MR) is 52.7 cm³/mol. The van der Waals surface area contributed by atoms with Crippen molar-refractivity contribution in [1.82, 2.24) is 5.32 Å². The number of rotatable bonds is 4. The van der Waals surface area contributed by atoms with Gasteiger partial charge < -0.3 is 5.32 Å². The molecule has 2 aliphatic carbocycles. The van der Waals surface area contributed by atoms with Gasteiger partial charge in [-0.25, -0.2) is 0 Å². The van der Waals surface area contributed by atoms with Crippen molar-refractivity contribution in [2.24, 2.45) is 17.8 Å². The van der Waals surface area contributed by atoms with Gasteiger partial charge in [0.25, 0.3) is 0 Å². The lowest BCUT2D eigenvalue weighted by Gasteiger charge is -2.04. The molecular formula is C10H16ClNO. The molecule has 1 N–H and O–H groups in total. The fraction of sp³-hybridized carbons (Fsp3) is 0.900. The van der Waals surface area contributed by atoms with Crippen molar-refractivity contribution < 1.29 is 4.79 Å². The van der Waals surface area contributed by atoms with E-state index in [2.05, 4.69) is 5.32 Å². The highest BCUT2D eigenvalue weighted by atomic mass is 35.5. The Balaban J connectivity index is 1.68. The molecule has 0 aliphatic heterocycles. The van der Waals surface area contributed by atoms with Crippen LogP contribution in [0.4, 0.5) is 0 Å². The fourth-order valence-electron chi connectivity index (χ4n) is 2.61. The maximum Gasteiger partial charge on any atom is 0.223 e. The number of carbonyl (C=O) groups is 1. The van der Waals surface area contributed by atoms with Crippen LogP contribution in [-0.2, 0) is 4.79 Å². The van der Waals surface area contributed by atoms with Crippen LogP contribution in [0.1, 0.15) is 25.7 Å². The number of hydrogen-bond acceptors (Lipinski definition) is 1. The Bertz CT molecular complexity index is 197. The third-order valence-electron chi connectivity index (χ3n) is 3.32. The quantitative estimate of drug-likeness (QED) is 0.545. The van der Waals surface area contributed by atoms with E-state index < -0.39 is 0 Å². The number of carbonyl (C=O) groups excluding carboxylic acids is 1. The molecule has 74 valence electrons. The van der Waals surface area contributed by atoms with Crippen LogP contribution in [0.2, 0.25) is 0 Å². The first-order valence-corrected chi connectivity index (χ1v) is 5.71. The molecule has 2 atom stereocenters. The van der Waals surface area contributed by atoms with Gasteiger partial charge in [-0.05, 0) is 31.1 Å². The molecule has 0 heterocycles. The summed E-state index contributed by atoms with van der Waals surface area (Å²) in [5.74, 6) is 2.74. The summed E-state index contributed by atoms with van der Waals surface area (Å²) in [6, 6.07) is 0. The molecule has 2 saturated carbocycles. The minimum absolute atomic E-state index is 0.278. The third-order valence-corrected chi connectivity index (χ3v) is 3.59. The van der Waals surface area contributed by atoms with Gasteiger partial charge in [0.1, 0.15) is 0 Å². The standard InChI is InChI=1S/C10H16ClNO/c11-5-2-6-12-10(13)9-7-3-1-4-8(7)9/h7-9H,1-6H2,(H,12,13). The molecule has 0 aromatic heterocycles. The SMILES string of the molecule is O=C(NCCCCl)C1C2CCCC21. The zero-order chi connectivity index (χ0) is 9.26. The topological polar surface area (TPSA) is 29.1 Å². The van der Waals surface area contributed by atoms with Crippen molar-refractivity contribution in [3.05, 3.63) is 0 Å². The fourth-order valence-corrected chi connectivity index (χ4v) is 2.74. The Labute approximate surface area is 84.0 Å². The molecule has 2 fully saturated rings. The monoisotopic (exact) mass is 201 g/mol. The zero-order valence-corrected chi connectivity index (χ0v) is 8.52. The number of hydrogen-bond donors (Lipinski definition) is 1. The Kier molecular flexibility index (Phi) is 2.77. The van der Waals surface area contributed by atoms with Gasteiger partial charge in [0.2, 0.25) is 5.91 Å². The van der Waals surface area contributed by atoms with E-state index in [1.54, 1.807) is 0 Å². The number of nitrogens with one attached hydrogen (secondary N) is 1. The van der Waals surface area contributed by atoms with Crippen molar-refractivity contribution in [3.63, 3.8) is 0 Å². The number of alkyl halides is 1. The summed E-state index contributed by atoms with van der Waals surface area (Å²) in [7, 11) is 0. The second kappa shape index (κ2) is 3.87. The molecule has 2 aliphatic rings. The minimum Gasteiger partial charge on any atom is -0.356 e. The van der Waals surface area contributed by atoms with E-state index in [0.29, 0.717) is 11.8 Å². The molecule has 0 saturated heterocycles. The first kappa shape index (κ1) is 9.32. The van der Waals surface area contributed by atoms with E-state index in [1.165, 1.54) is 19.3 Å². The average Bonchev–Trinajstić information content (AvgIpc) is 2.61. The molecule has 3 heteroatoms. The largest absolute Gasteiger partial charge is 0.356 e. The van der Waals surface area contributed by atoms with Gasteiger partial charge in [0, 0.05) is 18.3 Å². The summed E-state index contributed by atoms with van der Waals surface area (Å²) in [5.41, 5.74) is 0. The lowest BCUT2D eigenvalue weighted by molar-refractivity contribution is -0.123. The molecule has 0 radical (unpaired) electrons. The summed E-state index contributed by atoms with van der Waals surface area (Å²) in [6.45, 7) is 0.748. The summed E-state index contributed by atoms with van der Waals surface area (Å²) >= 11 is 5.52. The molecular weight excluding hydrogens is 186 g/mol. The Morgan fingerprint density at radius 1 is 1.38 bits per heavy atom. The first-order chi connectivity index (χ1) is 6.34. The second-order valence-corrected chi connectivity index (χ2v) is 4.50. The molecule has 1 amide bonds. The van der Waals surface area contributed by atoms with E-state index in [0.717, 1.165) is 24.8 Å². The lowest BCUT2D eigenvalue weighted by Crippen LogP contribution is -2.27. The van der Waals surface area contributed by atoms with E-state index in [4.69, 9.17) is 11.6 Å². The van der Waals surface area contributed by atoms with Crippen LogP contribution < -0.4 is 5.32 Å².